The quantitative estimate of drug-likeness (QED) is 0.719. The number of benzene rings is 2. The van der Waals surface area contributed by atoms with Crippen LogP contribution in [0.25, 0.3) is 0 Å². The highest BCUT2D eigenvalue weighted by molar-refractivity contribution is 9.10. The summed E-state index contributed by atoms with van der Waals surface area (Å²) in [6.07, 6.45) is 0. The first kappa shape index (κ1) is 17.0. The van der Waals surface area contributed by atoms with E-state index >= 15 is 0 Å². The molecule has 4 nitrogen and oxygen atoms in total. The summed E-state index contributed by atoms with van der Waals surface area (Å²) in [6, 6.07) is 10.5. The lowest BCUT2D eigenvalue weighted by molar-refractivity contribution is -0.0498. The third-order valence-electron chi connectivity index (χ3n) is 3.58. The summed E-state index contributed by atoms with van der Waals surface area (Å²) >= 11 is 3.55. The molecule has 0 N–H and O–H groups in total. The molecule has 3 rings (SSSR count). The molecule has 2 aromatic rings. The smallest absolute Gasteiger partial charge is 0.387 e. The molecule has 0 amide bonds. The SMILES string of the molecule is CN(Cc1ccc(OC(F)F)cc1)Cc1cc2c(cc1Br)OCO2. The zero-order valence-corrected chi connectivity index (χ0v) is 14.6. The highest BCUT2D eigenvalue weighted by Crippen LogP contribution is 2.37. The maximum atomic E-state index is 12.2. The van der Waals surface area contributed by atoms with Crippen LogP contribution in [0, 0.1) is 0 Å². The van der Waals surface area contributed by atoms with E-state index in [9.17, 15) is 8.78 Å². The van der Waals surface area contributed by atoms with E-state index in [0.29, 0.717) is 13.1 Å². The van der Waals surface area contributed by atoms with E-state index in [1.54, 1.807) is 24.3 Å². The zero-order chi connectivity index (χ0) is 17.1. The van der Waals surface area contributed by atoms with Gasteiger partial charge >= 0.3 is 6.61 Å². The summed E-state index contributed by atoms with van der Waals surface area (Å²) in [6.45, 7) is -1.18. The van der Waals surface area contributed by atoms with E-state index < -0.39 is 6.61 Å². The van der Waals surface area contributed by atoms with Gasteiger partial charge in [0.15, 0.2) is 11.5 Å². The number of fused-ring (bicyclic) bond motifs is 1. The molecule has 24 heavy (non-hydrogen) atoms. The van der Waals surface area contributed by atoms with Crippen LogP contribution in [-0.2, 0) is 13.1 Å². The molecular formula is C17H16BrF2NO3. The monoisotopic (exact) mass is 399 g/mol. The minimum Gasteiger partial charge on any atom is -0.454 e. The average molecular weight is 400 g/mol. The standard InChI is InChI=1S/C17H16BrF2NO3/c1-21(8-11-2-4-13(5-3-11)24-17(19)20)9-12-6-15-16(7-14(12)18)23-10-22-15/h2-7,17H,8-10H2,1H3. The van der Waals surface area contributed by atoms with Gasteiger partial charge in [0.25, 0.3) is 0 Å². The summed E-state index contributed by atoms with van der Waals surface area (Å²) in [4.78, 5) is 2.12. The van der Waals surface area contributed by atoms with Crippen molar-refractivity contribution in [2.45, 2.75) is 19.7 Å². The maximum absolute atomic E-state index is 12.2. The van der Waals surface area contributed by atoms with E-state index in [2.05, 4.69) is 25.6 Å². The van der Waals surface area contributed by atoms with Crippen LogP contribution in [0.1, 0.15) is 11.1 Å². The van der Waals surface area contributed by atoms with E-state index in [1.165, 1.54) is 0 Å². The molecule has 1 aliphatic heterocycles. The predicted molar refractivity (Wildman–Crippen MR) is 88.5 cm³/mol. The number of nitrogens with zero attached hydrogens (tertiary/aromatic N) is 1. The van der Waals surface area contributed by atoms with Gasteiger partial charge in [0, 0.05) is 17.6 Å². The van der Waals surface area contributed by atoms with Crippen molar-refractivity contribution in [2.24, 2.45) is 0 Å². The molecule has 7 heteroatoms. The average Bonchev–Trinajstić information content (AvgIpc) is 2.96. The van der Waals surface area contributed by atoms with Crippen molar-refractivity contribution in [1.82, 2.24) is 4.90 Å². The number of ether oxygens (including phenoxy) is 3. The maximum Gasteiger partial charge on any atom is 0.387 e. The van der Waals surface area contributed by atoms with E-state index in [-0.39, 0.29) is 12.5 Å². The van der Waals surface area contributed by atoms with Gasteiger partial charge in [0.1, 0.15) is 5.75 Å². The lowest BCUT2D eigenvalue weighted by Crippen LogP contribution is -2.17. The Morgan fingerprint density at radius 1 is 1.12 bits per heavy atom. The first-order valence-electron chi connectivity index (χ1n) is 7.31. The van der Waals surface area contributed by atoms with Crippen LogP contribution in [0.5, 0.6) is 17.2 Å². The van der Waals surface area contributed by atoms with Gasteiger partial charge in [-0.1, -0.05) is 28.1 Å². The fourth-order valence-corrected chi connectivity index (χ4v) is 2.96. The minimum atomic E-state index is -2.80. The van der Waals surface area contributed by atoms with Gasteiger partial charge in [0.2, 0.25) is 6.79 Å². The van der Waals surface area contributed by atoms with Gasteiger partial charge in [-0.15, -0.1) is 0 Å². The number of rotatable bonds is 6. The van der Waals surface area contributed by atoms with Crippen molar-refractivity contribution in [3.8, 4) is 17.2 Å². The van der Waals surface area contributed by atoms with Crippen molar-refractivity contribution in [3.63, 3.8) is 0 Å². The van der Waals surface area contributed by atoms with E-state index in [1.807, 2.05) is 19.2 Å². The lowest BCUT2D eigenvalue weighted by Gasteiger charge is -2.18. The van der Waals surface area contributed by atoms with Crippen molar-refractivity contribution in [1.29, 1.82) is 0 Å². The first-order valence-corrected chi connectivity index (χ1v) is 8.11. The third-order valence-corrected chi connectivity index (χ3v) is 4.32. The molecule has 0 fully saturated rings. The second-order valence-corrected chi connectivity index (χ2v) is 6.35. The van der Waals surface area contributed by atoms with Gasteiger partial charge in [-0.25, -0.2) is 0 Å². The van der Waals surface area contributed by atoms with Crippen LogP contribution >= 0.6 is 15.9 Å². The first-order chi connectivity index (χ1) is 11.5. The van der Waals surface area contributed by atoms with Crippen LogP contribution in [0.2, 0.25) is 0 Å². The predicted octanol–water partition coefficient (Wildman–Crippen LogP) is 4.41. The highest BCUT2D eigenvalue weighted by atomic mass is 79.9. The van der Waals surface area contributed by atoms with Gasteiger partial charge in [-0.2, -0.15) is 8.78 Å². The Morgan fingerprint density at radius 2 is 1.79 bits per heavy atom. The molecule has 0 aromatic heterocycles. The van der Waals surface area contributed by atoms with Crippen molar-refractivity contribution >= 4 is 15.9 Å². The fourth-order valence-electron chi connectivity index (χ4n) is 2.52. The van der Waals surface area contributed by atoms with Crippen LogP contribution in [-0.4, -0.2) is 25.4 Å². The molecule has 0 aliphatic carbocycles. The Labute approximate surface area is 147 Å². The van der Waals surface area contributed by atoms with Gasteiger partial charge < -0.3 is 14.2 Å². The second kappa shape index (κ2) is 7.36. The van der Waals surface area contributed by atoms with E-state index in [4.69, 9.17) is 9.47 Å². The molecule has 1 aliphatic rings. The van der Waals surface area contributed by atoms with Crippen LogP contribution in [0.3, 0.4) is 0 Å². The number of hydrogen-bond donors (Lipinski definition) is 0. The fraction of sp³-hybridized carbons (Fsp3) is 0.294. The Morgan fingerprint density at radius 3 is 2.46 bits per heavy atom. The Hall–Kier alpha value is -1.86. The van der Waals surface area contributed by atoms with Gasteiger partial charge in [-0.05, 0) is 42.4 Å². The Kier molecular flexibility index (Phi) is 5.20. The van der Waals surface area contributed by atoms with Gasteiger partial charge in [-0.3, -0.25) is 4.90 Å². The molecule has 0 bridgehead atoms. The number of hydrogen-bond acceptors (Lipinski definition) is 4. The largest absolute Gasteiger partial charge is 0.454 e. The molecule has 0 radical (unpaired) electrons. The summed E-state index contributed by atoms with van der Waals surface area (Å²) in [7, 11) is 1.99. The third kappa shape index (κ3) is 4.15. The normalized spacial score (nSPS) is 12.9. The van der Waals surface area contributed by atoms with Crippen molar-refractivity contribution in [3.05, 3.63) is 52.0 Å². The molecule has 0 saturated carbocycles. The summed E-state index contributed by atoms with van der Waals surface area (Å²) in [5, 5.41) is 0. The summed E-state index contributed by atoms with van der Waals surface area (Å²) in [5.41, 5.74) is 2.09. The number of alkyl halides is 2. The molecule has 0 spiro atoms. The van der Waals surface area contributed by atoms with Crippen LogP contribution in [0.15, 0.2) is 40.9 Å². The summed E-state index contributed by atoms with van der Waals surface area (Å²) < 4.78 is 40.4. The summed E-state index contributed by atoms with van der Waals surface area (Å²) in [5.74, 6) is 1.65. The topological polar surface area (TPSA) is 30.9 Å². The molecular weight excluding hydrogens is 384 g/mol. The molecule has 0 unspecified atom stereocenters. The van der Waals surface area contributed by atoms with Crippen molar-refractivity contribution < 1.29 is 23.0 Å². The van der Waals surface area contributed by atoms with Crippen LogP contribution in [0.4, 0.5) is 8.78 Å². The molecule has 0 saturated heterocycles. The van der Waals surface area contributed by atoms with E-state index in [0.717, 1.165) is 27.1 Å². The molecule has 0 atom stereocenters. The second-order valence-electron chi connectivity index (χ2n) is 5.49. The van der Waals surface area contributed by atoms with Crippen molar-refractivity contribution in [2.75, 3.05) is 13.8 Å². The highest BCUT2D eigenvalue weighted by Gasteiger charge is 2.17. The number of halogens is 3. The molecule has 128 valence electrons. The lowest BCUT2D eigenvalue weighted by atomic mass is 10.1. The molecule has 1 heterocycles. The zero-order valence-electron chi connectivity index (χ0n) is 13.0. The van der Waals surface area contributed by atoms with Crippen LogP contribution < -0.4 is 14.2 Å². The molecule has 2 aromatic carbocycles. The Bertz CT molecular complexity index is 710. The Balaban J connectivity index is 1.62. The van der Waals surface area contributed by atoms with Gasteiger partial charge in [0.05, 0.1) is 0 Å². The minimum absolute atomic E-state index is 0.162.